The minimum atomic E-state index is -0.493. The SMILES string of the molecule is CNc1cc2ncnc(Nc3ccc(F)c(Cl)c3)c2cc1NC(=O)/C=C/CCN1CCCCC1. The molecule has 9 heteroatoms. The summed E-state index contributed by atoms with van der Waals surface area (Å²) in [5.74, 6) is -0.179. The zero-order valence-corrected chi connectivity index (χ0v) is 19.8. The molecule has 1 aliphatic rings. The van der Waals surface area contributed by atoms with Crippen LogP contribution in [0, 0.1) is 5.82 Å². The highest BCUT2D eigenvalue weighted by Crippen LogP contribution is 2.32. The number of carbonyl (C=O) groups excluding carboxylic acids is 1. The van der Waals surface area contributed by atoms with Crippen molar-refractivity contribution in [1.82, 2.24) is 14.9 Å². The van der Waals surface area contributed by atoms with Crippen LogP contribution in [0.4, 0.5) is 27.3 Å². The third-order valence-electron chi connectivity index (χ3n) is 5.81. The van der Waals surface area contributed by atoms with Crippen molar-refractivity contribution in [2.24, 2.45) is 0 Å². The Balaban J connectivity index is 1.49. The highest BCUT2D eigenvalue weighted by atomic mass is 35.5. The van der Waals surface area contributed by atoms with Gasteiger partial charge in [-0.1, -0.05) is 24.1 Å². The summed E-state index contributed by atoms with van der Waals surface area (Å²) in [7, 11) is 1.78. The molecular weight excluding hydrogens is 455 g/mol. The molecule has 3 N–H and O–H groups in total. The van der Waals surface area contributed by atoms with Gasteiger partial charge >= 0.3 is 0 Å². The van der Waals surface area contributed by atoms with E-state index in [1.807, 2.05) is 18.2 Å². The van der Waals surface area contributed by atoms with E-state index in [0.717, 1.165) is 31.7 Å². The topological polar surface area (TPSA) is 82.2 Å². The number of fused-ring (bicyclic) bond motifs is 1. The Labute approximate surface area is 203 Å². The van der Waals surface area contributed by atoms with Crippen molar-refractivity contribution in [2.45, 2.75) is 25.7 Å². The van der Waals surface area contributed by atoms with E-state index in [9.17, 15) is 9.18 Å². The Hall–Kier alpha value is -3.23. The number of piperidine rings is 1. The first-order chi connectivity index (χ1) is 16.5. The van der Waals surface area contributed by atoms with E-state index in [4.69, 9.17) is 11.6 Å². The first-order valence-corrected chi connectivity index (χ1v) is 11.8. The fourth-order valence-corrected chi connectivity index (χ4v) is 4.21. The Morgan fingerprint density at radius 3 is 2.74 bits per heavy atom. The fraction of sp³-hybridized carbons (Fsp3) is 0.320. The Morgan fingerprint density at radius 1 is 1.15 bits per heavy atom. The maximum absolute atomic E-state index is 13.5. The van der Waals surface area contributed by atoms with Crippen molar-refractivity contribution >= 4 is 51.3 Å². The van der Waals surface area contributed by atoms with E-state index >= 15 is 0 Å². The second kappa shape index (κ2) is 11.3. The summed E-state index contributed by atoms with van der Waals surface area (Å²) in [4.78, 5) is 23.7. The first kappa shape index (κ1) is 23.9. The average Bonchev–Trinajstić information content (AvgIpc) is 2.85. The number of rotatable bonds is 8. The number of benzene rings is 2. The van der Waals surface area contributed by atoms with Gasteiger partial charge in [-0.25, -0.2) is 14.4 Å². The van der Waals surface area contributed by atoms with Gasteiger partial charge in [-0.05, 0) is 68.8 Å². The normalized spacial score (nSPS) is 14.4. The van der Waals surface area contributed by atoms with Gasteiger partial charge in [0.2, 0.25) is 5.91 Å². The van der Waals surface area contributed by atoms with Crippen molar-refractivity contribution in [3.05, 3.63) is 59.7 Å². The number of halogens is 2. The molecule has 34 heavy (non-hydrogen) atoms. The van der Waals surface area contributed by atoms with Gasteiger partial charge in [-0.15, -0.1) is 0 Å². The van der Waals surface area contributed by atoms with Crippen LogP contribution in [-0.4, -0.2) is 47.5 Å². The summed E-state index contributed by atoms with van der Waals surface area (Å²) in [5, 5.41) is 9.91. The number of nitrogens with zero attached hydrogens (tertiary/aromatic N) is 3. The number of likely N-dealkylation sites (tertiary alicyclic amines) is 1. The van der Waals surface area contributed by atoms with Crippen LogP contribution in [0.5, 0.6) is 0 Å². The van der Waals surface area contributed by atoms with Crippen LogP contribution in [0.2, 0.25) is 5.02 Å². The van der Waals surface area contributed by atoms with E-state index in [1.165, 1.54) is 37.7 Å². The molecule has 2 heterocycles. The van der Waals surface area contributed by atoms with E-state index < -0.39 is 5.82 Å². The van der Waals surface area contributed by atoms with Gasteiger partial charge in [0.1, 0.15) is 18.0 Å². The molecule has 0 unspecified atom stereocenters. The van der Waals surface area contributed by atoms with Crippen LogP contribution in [0.3, 0.4) is 0 Å². The third-order valence-corrected chi connectivity index (χ3v) is 6.10. The van der Waals surface area contributed by atoms with Crippen LogP contribution in [0.15, 0.2) is 48.8 Å². The number of anilines is 4. The van der Waals surface area contributed by atoms with Crippen LogP contribution >= 0.6 is 11.6 Å². The molecule has 0 bridgehead atoms. The number of carbonyl (C=O) groups is 1. The minimum Gasteiger partial charge on any atom is -0.386 e. The van der Waals surface area contributed by atoms with Crippen LogP contribution in [0.25, 0.3) is 10.9 Å². The van der Waals surface area contributed by atoms with Gasteiger partial charge in [-0.3, -0.25) is 4.79 Å². The largest absolute Gasteiger partial charge is 0.386 e. The quantitative estimate of drug-likeness (QED) is 0.364. The molecule has 1 aliphatic heterocycles. The second-order valence-electron chi connectivity index (χ2n) is 8.22. The average molecular weight is 483 g/mol. The molecule has 4 rings (SSSR count). The van der Waals surface area contributed by atoms with Crippen LogP contribution in [0.1, 0.15) is 25.7 Å². The lowest BCUT2D eigenvalue weighted by Crippen LogP contribution is -2.30. The summed E-state index contributed by atoms with van der Waals surface area (Å²) in [5.41, 5.74) is 2.61. The van der Waals surface area contributed by atoms with Crippen molar-refractivity contribution in [1.29, 1.82) is 0 Å². The molecule has 1 aromatic heterocycles. The predicted octanol–water partition coefficient (Wildman–Crippen LogP) is 5.58. The summed E-state index contributed by atoms with van der Waals surface area (Å²) in [6.45, 7) is 3.26. The highest BCUT2D eigenvalue weighted by molar-refractivity contribution is 6.31. The highest BCUT2D eigenvalue weighted by Gasteiger charge is 2.12. The number of hydrogen-bond donors (Lipinski definition) is 3. The molecule has 3 aromatic rings. The van der Waals surface area contributed by atoms with Crippen molar-refractivity contribution in [3.8, 4) is 0 Å². The van der Waals surface area contributed by atoms with Gasteiger partial charge in [-0.2, -0.15) is 0 Å². The lowest BCUT2D eigenvalue weighted by atomic mass is 10.1. The Bertz CT molecular complexity index is 1200. The Morgan fingerprint density at radius 2 is 1.97 bits per heavy atom. The van der Waals surface area contributed by atoms with Gasteiger partial charge < -0.3 is 20.9 Å². The van der Waals surface area contributed by atoms with E-state index in [2.05, 4.69) is 30.8 Å². The van der Waals surface area contributed by atoms with Gasteiger partial charge in [0, 0.05) is 24.7 Å². The lowest BCUT2D eigenvalue weighted by molar-refractivity contribution is -0.111. The van der Waals surface area contributed by atoms with Gasteiger partial charge in [0.25, 0.3) is 0 Å². The van der Waals surface area contributed by atoms with Crippen molar-refractivity contribution in [2.75, 3.05) is 42.6 Å². The molecule has 0 spiro atoms. The molecule has 2 aromatic carbocycles. The maximum Gasteiger partial charge on any atom is 0.248 e. The van der Waals surface area contributed by atoms with E-state index in [-0.39, 0.29) is 10.9 Å². The molecule has 1 fully saturated rings. The zero-order valence-electron chi connectivity index (χ0n) is 19.1. The van der Waals surface area contributed by atoms with Gasteiger partial charge in [0.05, 0.1) is 21.9 Å². The number of amides is 1. The fourth-order valence-electron chi connectivity index (χ4n) is 4.03. The standard InChI is InChI=1S/C25H28ClFN6O/c1-28-22-15-21-18(25(30-16-29-21)31-17-8-9-20(27)19(26)13-17)14-23(22)32-24(34)7-3-6-12-33-10-4-2-5-11-33/h3,7-9,13-16,28H,2,4-6,10-12H2,1H3,(H,32,34)(H,29,30,31)/b7-3+. The van der Waals surface area contributed by atoms with Gasteiger partial charge in [0.15, 0.2) is 0 Å². The number of nitrogens with one attached hydrogen (secondary N) is 3. The zero-order chi connectivity index (χ0) is 23.9. The molecule has 0 atom stereocenters. The van der Waals surface area contributed by atoms with E-state index in [1.54, 1.807) is 19.2 Å². The first-order valence-electron chi connectivity index (χ1n) is 11.4. The lowest BCUT2D eigenvalue weighted by Gasteiger charge is -2.25. The summed E-state index contributed by atoms with van der Waals surface area (Å²) < 4.78 is 13.5. The molecule has 1 saturated heterocycles. The summed E-state index contributed by atoms with van der Waals surface area (Å²) in [6.07, 6.45) is 9.60. The predicted molar refractivity (Wildman–Crippen MR) is 136 cm³/mol. The molecule has 0 radical (unpaired) electrons. The van der Waals surface area contributed by atoms with Crippen molar-refractivity contribution in [3.63, 3.8) is 0 Å². The molecule has 0 aliphatic carbocycles. The molecular formula is C25H28ClFN6O. The summed E-state index contributed by atoms with van der Waals surface area (Å²) in [6, 6.07) is 8.01. The molecule has 178 valence electrons. The van der Waals surface area contributed by atoms with Crippen LogP contribution < -0.4 is 16.0 Å². The molecule has 1 amide bonds. The van der Waals surface area contributed by atoms with Crippen molar-refractivity contribution < 1.29 is 9.18 Å². The number of hydrogen-bond acceptors (Lipinski definition) is 6. The molecule has 0 saturated carbocycles. The Kier molecular flexibility index (Phi) is 7.92. The molecule has 7 nitrogen and oxygen atoms in total. The second-order valence-corrected chi connectivity index (χ2v) is 8.63. The smallest absolute Gasteiger partial charge is 0.248 e. The third kappa shape index (κ3) is 6.01. The minimum absolute atomic E-state index is 0.0147. The number of aromatic nitrogens is 2. The summed E-state index contributed by atoms with van der Waals surface area (Å²) >= 11 is 5.90. The monoisotopic (exact) mass is 482 g/mol. The van der Waals surface area contributed by atoms with E-state index in [0.29, 0.717) is 28.1 Å². The van der Waals surface area contributed by atoms with Crippen LogP contribution in [-0.2, 0) is 4.79 Å². The maximum atomic E-state index is 13.5.